The molecule has 1 nitrogen and oxygen atoms in total. The molecule has 2 saturated heterocycles. The summed E-state index contributed by atoms with van der Waals surface area (Å²) in [6, 6.07) is 0. The van der Waals surface area contributed by atoms with Crippen molar-refractivity contribution in [1.82, 2.24) is 0 Å². The average molecular weight is 439 g/mol. The normalized spacial score (nSPS) is 51.4. The molecule has 1 saturated carbocycles. The number of rotatable bonds is 7. The van der Waals surface area contributed by atoms with Crippen molar-refractivity contribution in [3.63, 3.8) is 0 Å². The molecule has 3 rings (SSSR count). The highest BCUT2D eigenvalue weighted by Gasteiger charge is 2.69. The zero-order chi connectivity index (χ0) is 22.3. The highest BCUT2D eigenvalue weighted by Crippen LogP contribution is 2.86. The number of ether oxygens (including phenoxy) is 1. The van der Waals surface area contributed by atoms with Gasteiger partial charge in [0.15, 0.2) is 0 Å². The standard InChI is InChI=1S/C28H54OS/c1-10-24-13-12-19(3)27(15-14-25(11-2)20(4)17-24)30(9)23(7)28(30,8)22(6)16-21(5)26-18-29-26/h19-27H,10-18H2,1-9H3. The van der Waals surface area contributed by atoms with Gasteiger partial charge in [0.25, 0.3) is 0 Å². The minimum Gasteiger partial charge on any atom is -0.373 e. The zero-order valence-electron chi connectivity index (χ0n) is 21.9. The molecule has 0 bridgehead atoms. The van der Waals surface area contributed by atoms with Crippen LogP contribution in [0.4, 0.5) is 0 Å². The van der Waals surface area contributed by atoms with Crippen LogP contribution in [0.25, 0.3) is 0 Å². The number of hydrogen-bond donors (Lipinski definition) is 0. The Morgan fingerprint density at radius 3 is 2.20 bits per heavy atom. The van der Waals surface area contributed by atoms with Crippen LogP contribution in [0.15, 0.2) is 0 Å². The van der Waals surface area contributed by atoms with E-state index < -0.39 is 10.0 Å². The smallest absolute Gasteiger partial charge is 0.0835 e. The van der Waals surface area contributed by atoms with Crippen LogP contribution in [-0.2, 0) is 4.74 Å². The van der Waals surface area contributed by atoms with Gasteiger partial charge in [0, 0.05) is 4.75 Å². The molecule has 3 fully saturated rings. The predicted octanol–water partition coefficient (Wildman–Crippen LogP) is 8.30. The fourth-order valence-electron chi connectivity index (χ4n) is 7.82. The summed E-state index contributed by atoms with van der Waals surface area (Å²) in [5, 5.41) is 1.91. The van der Waals surface area contributed by atoms with Crippen LogP contribution < -0.4 is 0 Å². The Labute approximate surface area is 191 Å². The van der Waals surface area contributed by atoms with Gasteiger partial charge in [-0.15, -0.1) is 0 Å². The van der Waals surface area contributed by atoms with Crippen molar-refractivity contribution in [3.05, 3.63) is 0 Å². The molecule has 30 heavy (non-hydrogen) atoms. The van der Waals surface area contributed by atoms with E-state index in [-0.39, 0.29) is 0 Å². The van der Waals surface area contributed by atoms with E-state index in [1.54, 1.807) is 0 Å². The first-order valence-electron chi connectivity index (χ1n) is 13.5. The summed E-state index contributed by atoms with van der Waals surface area (Å²) in [4.78, 5) is 0. The van der Waals surface area contributed by atoms with Crippen LogP contribution in [0, 0.1) is 35.5 Å². The van der Waals surface area contributed by atoms with Crippen molar-refractivity contribution in [2.24, 2.45) is 35.5 Å². The van der Waals surface area contributed by atoms with Crippen LogP contribution in [0.2, 0.25) is 0 Å². The molecule has 2 heteroatoms. The van der Waals surface area contributed by atoms with E-state index in [2.05, 4.69) is 61.6 Å². The second-order valence-electron chi connectivity index (χ2n) is 12.2. The van der Waals surface area contributed by atoms with Crippen molar-refractivity contribution in [1.29, 1.82) is 0 Å². The van der Waals surface area contributed by atoms with Gasteiger partial charge in [-0.2, -0.15) is 0 Å². The molecule has 1 aliphatic carbocycles. The lowest BCUT2D eigenvalue weighted by Gasteiger charge is -2.42. The predicted molar refractivity (Wildman–Crippen MR) is 137 cm³/mol. The Kier molecular flexibility index (Phi) is 8.03. The van der Waals surface area contributed by atoms with Gasteiger partial charge in [-0.1, -0.05) is 74.7 Å². The minimum atomic E-state index is -0.576. The summed E-state index contributed by atoms with van der Waals surface area (Å²) >= 11 is 0. The van der Waals surface area contributed by atoms with Crippen molar-refractivity contribution in [2.75, 3.05) is 12.9 Å². The van der Waals surface area contributed by atoms with Gasteiger partial charge in [-0.25, -0.2) is 10.0 Å². The third-order valence-corrected chi connectivity index (χ3v) is 17.2. The first-order valence-corrected chi connectivity index (χ1v) is 15.6. The fraction of sp³-hybridized carbons (Fsp3) is 1.00. The highest BCUT2D eigenvalue weighted by molar-refractivity contribution is 8.41. The monoisotopic (exact) mass is 438 g/mol. The van der Waals surface area contributed by atoms with Gasteiger partial charge in [0.05, 0.1) is 12.7 Å². The first-order chi connectivity index (χ1) is 14.1. The zero-order valence-corrected chi connectivity index (χ0v) is 22.7. The molecule has 3 aliphatic rings. The SMILES string of the molecule is CCC1CCC(C)C(S2(C)C(C)C2(C)C(C)CC(C)C2CO2)CCC(CC)C(C)C1. The summed E-state index contributed by atoms with van der Waals surface area (Å²) in [5.41, 5.74) is 0. The Balaban J connectivity index is 1.78. The van der Waals surface area contributed by atoms with E-state index >= 15 is 0 Å². The van der Waals surface area contributed by atoms with E-state index in [1.807, 2.05) is 0 Å². The van der Waals surface area contributed by atoms with E-state index in [4.69, 9.17) is 4.74 Å². The highest BCUT2D eigenvalue weighted by atomic mass is 32.3. The van der Waals surface area contributed by atoms with Gasteiger partial charge in [0.2, 0.25) is 0 Å². The number of hydrogen-bond acceptors (Lipinski definition) is 1. The molecule has 178 valence electrons. The van der Waals surface area contributed by atoms with Crippen LogP contribution in [0.5, 0.6) is 0 Å². The Bertz CT molecular complexity index is 559. The van der Waals surface area contributed by atoms with Gasteiger partial charge in [-0.05, 0) is 84.4 Å². The summed E-state index contributed by atoms with van der Waals surface area (Å²) < 4.78 is 6.21. The Hall–Kier alpha value is 0.310. The summed E-state index contributed by atoms with van der Waals surface area (Å²) in [6.07, 6.45) is 14.9. The molecule has 0 spiro atoms. The molecular weight excluding hydrogens is 384 g/mol. The fourth-order valence-corrected chi connectivity index (χ4v) is 14.2. The maximum Gasteiger partial charge on any atom is 0.0835 e. The quantitative estimate of drug-likeness (QED) is 0.364. The summed E-state index contributed by atoms with van der Waals surface area (Å²) in [5.74, 6) is 5.30. The van der Waals surface area contributed by atoms with Crippen molar-refractivity contribution in [2.45, 2.75) is 128 Å². The summed E-state index contributed by atoms with van der Waals surface area (Å²) in [7, 11) is -0.576. The third kappa shape index (κ3) is 4.52. The van der Waals surface area contributed by atoms with E-state index in [1.165, 1.54) is 51.4 Å². The third-order valence-electron chi connectivity index (χ3n) is 10.9. The average Bonchev–Trinajstić information content (AvgIpc) is 3.63. The topological polar surface area (TPSA) is 12.5 Å². The lowest BCUT2D eigenvalue weighted by atomic mass is 9.76. The molecule has 0 N–H and O–H groups in total. The maximum atomic E-state index is 5.63. The van der Waals surface area contributed by atoms with Crippen LogP contribution in [0.1, 0.15) is 107 Å². The molecule has 11 unspecified atom stereocenters. The summed E-state index contributed by atoms with van der Waals surface area (Å²) in [6.45, 7) is 21.4. The molecular formula is C28H54OS. The van der Waals surface area contributed by atoms with Gasteiger partial charge in [0.1, 0.15) is 0 Å². The van der Waals surface area contributed by atoms with Crippen molar-refractivity contribution in [3.8, 4) is 0 Å². The minimum absolute atomic E-state index is 0.566. The van der Waals surface area contributed by atoms with Crippen LogP contribution in [-0.4, -0.2) is 34.2 Å². The maximum absolute atomic E-state index is 5.63. The van der Waals surface area contributed by atoms with Crippen LogP contribution >= 0.6 is 10.0 Å². The van der Waals surface area contributed by atoms with Gasteiger partial charge < -0.3 is 4.74 Å². The van der Waals surface area contributed by atoms with Crippen LogP contribution in [0.3, 0.4) is 0 Å². The van der Waals surface area contributed by atoms with Crippen molar-refractivity contribution >= 4 is 10.0 Å². The lowest BCUT2D eigenvalue weighted by molar-refractivity contribution is 0.225. The molecule has 0 aromatic carbocycles. The molecule has 0 aromatic heterocycles. The van der Waals surface area contributed by atoms with E-state index in [0.29, 0.717) is 10.9 Å². The lowest BCUT2D eigenvalue weighted by Crippen LogP contribution is -2.30. The molecule has 11 atom stereocenters. The Morgan fingerprint density at radius 2 is 1.63 bits per heavy atom. The van der Waals surface area contributed by atoms with Crippen molar-refractivity contribution < 1.29 is 4.74 Å². The second-order valence-corrected chi connectivity index (χ2v) is 16.5. The van der Waals surface area contributed by atoms with E-state index in [0.717, 1.165) is 52.6 Å². The first kappa shape index (κ1) is 24.9. The molecule has 0 amide bonds. The number of epoxide rings is 1. The van der Waals surface area contributed by atoms with Gasteiger partial charge >= 0.3 is 0 Å². The molecule has 2 aliphatic heterocycles. The molecule has 2 heterocycles. The Morgan fingerprint density at radius 1 is 0.967 bits per heavy atom. The largest absolute Gasteiger partial charge is 0.373 e. The second kappa shape index (κ2) is 9.66. The van der Waals surface area contributed by atoms with Gasteiger partial charge in [-0.3, -0.25) is 0 Å². The van der Waals surface area contributed by atoms with E-state index in [9.17, 15) is 0 Å². The molecule has 0 radical (unpaired) electrons. The molecule has 0 aromatic rings.